The molecule has 17 heavy (non-hydrogen) atoms. The van der Waals surface area contributed by atoms with Gasteiger partial charge in [0.25, 0.3) is 0 Å². The summed E-state index contributed by atoms with van der Waals surface area (Å²) in [5.74, 6) is -0.434. The summed E-state index contributed by atoms with van der Waals surface area (Å²) in [7, 11) is 2.89. The molecule has 0 amide bonds. The van der Waals surface area contributed by atoms with E-state index in [0.29, 0.717) is 26.0 Å². The highest BCUT2D eigenvalue weighted by atomic mass is 79.9. The van der Waals surface area contributed by atoms with Crippen molar-refractivity contribution in [3.05, 3.63) is 20.6 Å². The molecule has 5 nitrogen and oxygen atoms in total. The predicted octanol–water partition coefficient (Wildman–Crippen LogP) is 2.31. The summed E-state index contributed by atoms with van der Waals surface area (Å²) < 4.78 is 11.4. The maximum atomic E-state index is 11.0. The molecule has 1 rings (SSSR count). The maximum absolute atomic E-state index is 11.0. The Bertz CT molecular complexity index is 450. The van der Waals surface area contributed by atoms with Crippen molar-refractivity contribution >= 4 is 37.8 Å². The Hall–Kier alpha value is -0.790. The molecule has 0 radical (unpaired) electrons. The van der Waals surface area contributed by atoms with Crippen LogP contribution in [0.5, 0.6) is 11.5 Å². The zero-order chi connectivity index (χ0) is 13.2. The van der Waals surface area contributed by atoms with Gasteiger partial charge in [-0.1, -0.05) is 0 Å². The molecule has 0 aliphatic rings. The number of carboxylic acid groups (broad SMARTS) is 1. The Morgan fingerprint density at radius 2 is 2.00 bits per heavy atom. The molecule has 0 aromatic heterocycles. The predicted molar refractivity (Wildman–Crippen MR) is 69.5 cm³/mol. The second-order valence-electron chi connectivity index (χ2n) is 3.14. The van der Waals surface area contributed by atoms with Crippen molar-refractivity contribution in [1.82, 2.24) is 0 Å². The van der Waals surface area contributed by atoms with Gasteiger partial charge in [0, 0.05) is 14.5 Å². The van der Waals surface area contributed by atoms with Crippen molar-refractivity contribution in [1.29, 1.82) is 0 Å². The van der Waals surface area contributed by atoms with Gasteiger partial charge in [0.15, 0.2) is 11.5 Å². The number of nitrogens with two attached hydrogens (primary N) is 1. The van der Waals surface area contributed by atoms with Crippen LogP contribution in [-0.4, -0.2) is 25.3 Å². The molecule has 0 fully saturated rings. The smallest absolute Gasteiger partial charge is 0.325 e. The second kappa shape index (κ2) is 5.70. The Balaban J connectivity index is 3.53. The molecule has 0 aliphatic heterocycles. The topological polar surface area (TPSA) is 81.8 Å². The lowest BCUT2D eigenvalue weighted by molar-refractivity contribution is -0.138. The van der Waals surface area contributed by atoms with E-state index in [1.54, 1.807) is 6.07 Å². The first-order valence-electron chi connectivity index (χ1n) is 4.52. The van der Waals surface area contributed by atoms with E-state index in [0.717, 1.165) is 0 Å². The number of benzene rings is 1. The SMILES string of the molecule is COc1cc(Br)c(Br)c([C@H](N)C(=O)O)c1OC. The van der Waals surface area contributed by atoms with Crippen LogP contribution in [0.4, 0.5) is 0 Å². The number of carboxylic acids is 1. The summed E-state index contributed by atoms with van der Waals surface area (Å²) in [5.41, 5.74) is 5.95. The van der Waals surface area contributed by atoms with Gasteiger partial charge in [-0.05, 0) is 37.9 Å². The fourth-order valence-electron chi connectivity index (χ4n) is 1.37. The van der Waals surface area contributed by atoms with E-state index in [1.807, 2.05) is 0 Å². The number of ether oxygens (including phenoxy) is 2. The van der Waals surface area contributed by atoms with Gasteiger partial charge >= 0.3 is 5.97 Å². The van der Waals surface area contributed by atoms with E-state index in [1.165, 1.54) is 14.2 Å². The van der Waals surface area contributed by atoms with E-state index in [-0.39, 0.29) is 0 Å². The van der Waals surface area contributed by atoms with Crippen molar-refractivity contribution in [2.45, 2.75) is 6.04 Å². The molecular formula is C10H11Br2NO4. The minimum Gasteiger partial charge on any atom is -0.493 e. The number of hydrogen-bond acceptors (Lipinski definition) is 4. The molecule has 1 atom stereocenters. The molecule has 1 aromatic rings. The highest BCUT2D eigenvalue weighted by Crippen LogP contribution is 2.43. The first-order chi connectivity index (χ1) is 7.93. The van der Waals surface area contributed by atoms with Crippen LogP contribution in [0.1, 0.15) is 11.6 Å². The number of methoxy groups -OCH3 is 2. The largest absolute Gasteiger partial charge is 0.493 e. The zero-order valence-electron chi connectivity index (χ0n) is 9.16. The van der Waals surface area contributed by atoms with E-state index < -0.39 is 12.0 Å². The zero-order valence-corrected chi connectivity index (χ0v) is 12.3. The van der Waals surface area contributed by atoms with Gasteiger partial charge in [0.05, 0.1) is 14.2 Å². The molecular weight excluding hydrogens is 358 g/mol. The molecule has 7 heteroatoms. The molecule has 0 saturated carbocycles. The molecule has 3 N–H and O–H groups in total. The Labute approximate surface area is 115 Å². The van der Waals surface area contributed by atoms with E-state index in [4.69, 9.17) is 20.3 Å². The summed E-state index contributed by atoms with van der Waals surface area (Å²) in [5, 5.41) is 8.98. The van der Waals surface area contributed by atoms with Crippen LogP contribution in [0, 0.1) is 0 Å². The third-order valence-corrected chi connectivity index (χ3v) is 4.19. The van der Waals surface area contributed by atoms with Gasteiger partial charge in [-0.15, -0.1) is 0 Å². The molecule has 0 bridgehead atoms. The van der Waals surface area contributed by atoms with Crippen LogP contribution in [0.15, 0.2) is 15.0 Å². The van der Waals surface area contributed by atoms with Crippen LogP contribution in [0.2, 0.25) is 0 Å². The molecule has 0 unspecified atom stereocenters. The summed E-state index contributed by atoms with van der Waals surface area (Å²) in [4.78, 5) is 11.0. The second-order valence-corrected chi connectivity index (χ2v) is 4.78. The fraction of sp³-hybridized carbons (Fsp3) is 0.300. The van der Waals surface area contributed by atoms with E-state index in [9.17, 15) is 4.79 Å². The molecule has 0 spiro atoms. The average Bonchev–Trinajstić information content (AvgIpc) is 2.30. The van der Waals surface area contributed by atoms with Crippen LogP contribution >= 0.6 is 31.9 Å². The third-order valence-electron chi connectivity index (χ3n) is 2.17. The average molecular weight is 369 g/mol. The number of aliphatic carboxylic acids is 1. The summed E-state index contributed by atoms with van der Waals surface area (Å²) in [6, 6.07) is 0.465. The first kappa shape index (κ1) is 14.3. The summed E-state index contributed by atoms with van der Waals surface area (Å²) >= 11 is 6.57. The fourth-order valence-corrected chi connectivity index (χ4v) is 2.33. The van der Waals surface area contributed by atoms with Crippen molar-refractivity contribution in [2.75, 3.05) is 14.2 Å². The lowest BCUT2D eigenvalue weighted by Gasteiger charge is -2.18. The number of carbonyl (C=O) groups is 1. The molecule has 0 aliphatic carbocycles. The normalized spacial score (nSPS) is 12.1. The molecule has 0 heterocycles. The molecule has 0 saturated heterocycles. The Morgan fingerprint density at radius 3 is 2.41 bits per heavy atom. The monoisotopic (exact) mass is 367 g/mol. The minimum atomic E-state index is -1.20. The van der Waals surface area contributed by atoms with Gasteiger partial charge in [0.1, 0.15) is 6.04 Å². The lowest BCUT2D eigenvalue weighted by atomic mass is 10.1. The van der Waals surface area contributed by atoms with Crippen LogP contribution < -0.4 is 15.2 Å². The van der Waals surface area contributed by atoms with Crippen molar-refractivity contribution in [3.8, 4) is 11.5 Å². The highest BCUT2D eigenvalue weighted by molar-refractivity contribution is 9.13. The van der Waals surface area contributed by atoms with Gasteiger partial charge in [-0.25, -0.2) is 0 Å². The third kappa shape index (κ3) is 2.72. The van der Waals surface area contributed by atoms with Crippen LogP contribution in [0.3, 0.4) is 0 Å². The van der Waals surface area contributed by atoms with E-state index in [2.05, 4.69) is 31.9 Å². The standard InChI is InChI=1S/C10H11Br2NO4/c1-16-5-3-4(11)7(12)6(9(5)17-2)8(13)10(14)15/h3,8H,13H2,1-2H3,(H,14,15)/t8-/m0/s1. The first-order valence-corrected chi connectivity index (χ1v) is 6.10. The van der Waals surface area contributed by atoms with Gasteiger partial charge in [-0.2, -0.15) is 0 Å². The van der Waals surface area contributed by atoms with Crippen molar-refractivity contribution in [2.24, 2.45) is 5.73 Å². The van der Waals surface area contributed by atoms with Crippen molar-refractivity contribution < 1.29 is 19.4 Å². The van der Waals surface area contributed by atoms with Gasteiger partial charge < -0.3 is 20.3 Å². The minimum absolute atomic E-state index is 0.303. The molecule has 1 aromatic carbocycles. The van der Waals surface area contributed by atoms with Crippen LogP contribution in [0.25, 0.3) is 0 Å². The number of hydrogen-bond donors (Lipinski definition) is 2. The summed E-state index contributed by atoms with van der Waals surface area (Å²) in [6.07, 6.45) is 0. The quantitative estimate of drug-likeness (QED) is 0.852. The Kier molecular flexibility index (Phi) is 4.79. The van der Waals surface area contributed by atoms with Crippen LogP contribution in [-0.2, 0) is 4.79 Å². The number of rotatable bonds is 4. The van der Waals surface area contributed by atoms with Gasteiger partial charge in [-0.3, -0.25) is 4.79 Å². The Morgan fingerprint density at radius 1 is 1.41 bits per heavy atom. The number of halogens is 2. The molecule has 94 valence electrons. The maximum Gasteiger partial charge on any atom is 0.325 e. The van der Waals surface area contributed by atoms with Crippen molar-refractivity contribution in [3.63, 3.8) is 0 Å². The van der Waals surface area contributed by atoms with Gasteiger partial charge in [0.2, 0.25) is 0 Å². The lowest BCUT2D eigenvalue weighted by Crippen LogP contribution is -2.22. The summed E-state index contributed by atoms with van der Waals surface area (Å²) in [6.45, 7) is 0. The van der Waals surface area contributed by atoms with E-state index >= 15 is 0 Å². The highest BCUT2D eigenvalue weighted by Gasteiger charge is 2.26.